The topological polar surface area (TPSA) is 51.0 Å². The average molecular weight is 217 g/mol. The number of nitrogens with one attached hydrogen (secondary N) is 1. The molecular weight excluding hydrogens is 202 g/mol. The van der Waals surface area contributed by atoms with E-state index >= 15 is 0 Å². The summed E-state index contributed by atoms with van der Waals surface area (Å²) in [5.74, 6) is 0.772. The van der Waals surface area contributed by atoms with Gasteiger partial charge in [-0.05, 0) is 25.1 Å². The minimum absolute atomic E-state index is 0.00403. The molecule has 4 heteroatoms. The molecule has 16 heavy (non-hydrogen) atoms. The quantitative estimate of drug-likeness (QED) is 0.851. The van der Waals surface area contributed by atoms with Gasteiger partial charge in [-0.15, -0.1) is 0 Å². The fraction of sp³-hybridized carbons (Fsp3) is 0.333. The molecule has 0 bridgehead atoms. The average Bonchev–Trinajstić information content (AvgIpc) is 2.81. The molecule has 1 N–H and O–H groups in total. The van der Waals surface area contributed by atoms with Crippen molar-refractivity contribution in [1.29, 1.82) is 0 Å². The third-order valence-corrected chi connectivity index (χ3v) is 2.34. The molecule has 0 aliphatic carbocycles. The van der Waals surface area contributed by atoms with E-state index in [2.05, 4.69) is 22.2 Å². The number of aryl methyl sites for hydroxylation is 1. The predicted molar refractivity (Wildman–Crippen MR) is 61.0 cm³/mol. The van der Waals surface area contributed by atoms with Gasteiger partial charge in [0.05, 0.1) is 18.6 Å². The van der Waals surface area contributed by atoms with Crippen molar-refractivity contribution in [2.75, 3.05) is 6.54 Å². The highest BCUT2D eigenvalue weighted by Gasteiger charge is 2.16. The smallest absolute Gasteiger partial charge is 0.149 e. The number of furan rings is 1. The summed E-state index contributed by atoms with van der Waals surface area (Å²) in [6.45, 7) is 4.89. The summed E-state index contributed by atoms with van der Waals surface area (Å²) >= 11 is 0. The van der Waals surface area contributed by atoms with E-state index in [4.69, 9.17) is 4.42 Å². The third kappa shape index (κ3) is 2.28. The van der Waals surface area contributed by atoms with Crippen molar-refractivity contribution in [1.82, 2.24) is 15.3 Å². The Morgan fingerprint density at radius 3 is 2.69 bits per heavy atom. The van der Waals surface area contributed by atoms with Crippen LogP contribution in [0.25, 0.3) is 0 Å². The Labute approximate surface area is 94.7 Å². The maximum absolute atomic E-state index is 5.09. The van der Waals surface area contributed by atoms with Crippen LogP contribution in [0.5, 0.6) is 0 Å². The molecule has 84 valence electrons. The summed E-state index contributed by atoms with van der Waals surface area (Å²) in [4.78, 5) is 8.68. The molecule has 0 saturated carbocycles. The first kappa shape index (κ1) is 10.8. The predicted octanol–water partition coefficient (Wildman–Crippen LogP) is 2.08. The van der Waals surface area contributed by atoms with Gasteiger partial charge in [0.25, 0.3) is 0 Å². The van der Waals surface area contributed by atoms with Crippen molar-refractivity contribution >= 4 is 0 Å². The van der Waals surface area contributed by atoms with E-state index in [1.807, 2.05) is 25.4 Å². The van der Waals surface area contributed by atoms with Gasteiger partial charge < -0.3 is 9.73 Å². The summed E-state index contributed by atoms with van der Waals surface area (Å²) in [7, 11) is 0. The summed E-state index contributed by atoms with van der Waals surface area (Å²) < 4.78 is 5.09. The van der Waals surface area contributed by atoms with E-state index in [0.717, 1.165) is 23.5 Å². The number of nitrogens with zero attached hydrogens (tertiary/aromatic N) is 2. The third-order valence-electron chi connectivity index (χ3n) is 2.34. The standard InChI is InChI=1S/C12H15N3O/c1-3-13-11(10-4-5-16-8-10)12-14-6-9(2)7-15-12/h4-8,11,13H,3H2,1-2H3. The zero-order valence-corrected chi connectivity index (χ0v) is 9.47. The van der Waals surface area contributed by atoms with E-state index in [1.165, 1.54) is 0 Å². The molecule has 0 saturated heterocycles. The molecule has 0 spiro atoms. The van der Waals surface area contributed by atoms with Gasteiger partial charge in [0.2, 0.25) is 0 Å². The van der Waals surface area contributed by atoms with Crippen LogP contribution in [0.3, 0.4) is 0 Å². The van der Waals surface area contributed by atoms with Crippen molar-refractivity contribution in [3.8, 4) is 0 Å². The van der Waals surface area contributed by atoms with E-state index in [1.54, 1.807) is 12.5 Å². The molecule has 0 aliphatic rings. The zero-order valence-electron chi connectivity index (χ0n) is 9.47. The molecule has 1 atom stereocenters. The first-order chi connectivity index (χ1) is 7.81. The fourth-order valence-electron chi connectivity index (χ4n) is 1.55. The van der Waals surface area contributed by atoms with Crippen molar-refractivity contribution < 1.29 is 4.42 Å². The highest BCUT2D eigenvalue weighted by Crippen LogP contribution is 2.18. The van der Waals surface area contributed by atoms with Gasteiger partial charge in [-0.25, -0.2) is 9.97 Å². The fourth-order valence-corrected chi connectivity index (χ4v) is 1.55. The Morgan fingerprint density at radius 2 is 2.12 bits per heavy atom. The number of rotatable bonds is 4. The van der Waals surface area contributed by atoms with E-state index in [0.29, 0.717) is 0 Å². The molecule has 0 radical (unpaired) electrons. The Balaban J connectivity index is 2.29. The lowest BCUT2D eigenvalue weighted by Gasteiger charge is -2.14. The molecule has 4 nitrogen and oxygen atoms in total. The SMILES string of the molecule is CCNC(c1ccoc1)c1ncc(C)cn1. The molecule has 2 heterocycles. The molecule has 0 aromatic carbocycles. The van der Waals surface area contributed by atoms with Gasteiger partial charge in [0.1, 0.15) is 5.82 Å². The van der Waals surface area contributed by atoms with Crippen LogP contribution in [-0.2, 0) is 0 Å². The van der Waals surface area contributed by atoms with Crippen LogP contribution in [-0.4, -0.2) is 16.5 Å². The van der Waals surface area contributed by atoms with E-state index < -0.39 is 0 Å². The molecular formula is C12H15N3O. The van der Waals surface area contributed by atoms with Gasteiger partial charge in [0.15, 0.2) is 0 Å². The highest BCUT2D eigenvalue weighted by atomic mass is 16.3. The Bertz CT molecular complexity index is 422. The minimum atomic E-state index is 0.00403. The van der Waals surface area contributed by atoms with Gasteiger partial charge >= 0.3 is 0 Å². The molecule has 2 rings (SSSR count). The van der Waals surface area contributed by atoms with Gasteiger partial charge in [0, 0.05) is 18.0 Å². The van der Waals surface area contributed by atoms with Crippen LogP contribution < -0.4 is 5.32 Å². The summed E-state index contributed by atoms with van der Waals surface area (Å²) in [6.07, 6.45) is 7.03. The molecule has 0 aliphatic heterocycles. The maximum Gasteiger partial charge on any atom is 0.149 e. The second-order valence-electron chi connectivity index (χ2n) is 3.67. The normalized spacial score (nSPS) is 12.6. The summed E-state index contributed by atoms with van der Waals surface area (Å²) in [6, 6.07) is 1.93. The summed E-state index contributed by atoms with van der Waals surface area (Å²) in [5, 5.41) is 3.34. The molecule has 1 unspecified atom stereocenters. The number of hydrogen-bond acceptors (Lipinski definition) is 4. The minimum Gasteiger partial charge on any atom is -0.472 e. The lowest BCUT2D eigenvalue weighted by molar-refractivity contribution is 0.546. The van der Waals surface area contributed by atoms with Crippen molar-refractivity contribution in [3.63, 3.8) is 0 Å². The van der Waals surface area contributed by atoms with Crippen molar-refractivity contribution in [3.05, 3.63) is 47.9 Å². The molecule has 2 aromatic heterocycles. The first-order valence-electron chi connectivity index (χ1n) is 5.35. The number of aromatic nitrogens is 2. The van der Waals surface area contributed by atoms with Crippen LogP contribution in [0.2, 0.25) is 0 Å². The van der Waals surface area contributed by atoms with Gasteiger partial charge in [-0.1, -0.05) is 6.92 Å². The Hall–Kier alpha value is -1.68. The van der Waals surface area contributed by atoms with Gasteiger partial charge in [-0.3, -0.25) is 0 Å². The Kier molecular flexibility index (Phi) is 3.31. The monoisotopic (exact) mass is 217 g/mol. The molecule has 0 fully saturated rings. The van der Waals surface area contributed by atoms with E-state index in [9.17, 15) is 0 Å². The lowest BCUT2D eigenvalue weighted by Crippen LogP contribution is -2.23. The summed E-state index contributed by atoms with van der Waals surface area (Å²) in [5.41, 5.74) is 2.11. The largest absolute Gasteiger partial charge is 0.472 e. The zero-order chi connectivity index (χ0) is 11.4. The maximum atomic E-state index is 5.09. The van der Waals surface area contributed by atoms with Crippen molar-refractivity contribution in [2.24, 2.45) is 0 Å². The second-order valence-corrected chi connectivity index (χ2v) is 3.67. The number of hydrogen-bond donors (Lipinski definition) is 1. The van der Waals surface area contributed by atoms with Crippen LogP contribution in [0.4, 0.5) is 0 Å². The van der Waals surface area contributed by atoms with Crippen LogP contribution >= 0.6 is 0 Å². The van der Waals surface area contributed by atoms with Crippen LogP contribution in [0.1, 0.15) is 29.9 Å². The first-order valence-corrected chi connectivity index (χ1v) is 5.35. The second kappa shape index (κ2) is 4.90. The lowest BCUT2D eigenvalue weighted by atomic mass is 10.1. The van der Waals surface area contributed by atoms with Crippen LogP contribution in [0, 0.1) is 6.92 Å². The highest BCUT2D eigenvalue weighted by molar-refractivity contribution is 5.20. The van der Waals surface area contributed by atoms with E-state index in [-0.39, 0.29) is 6.04 Å². The Morgan fingerprint density at radius 1 is 1.38 bits per heavy atom. The van der Waals surface area contributed by atoms with Crippen molar-refractivity contribution in [2.45, 2.75) is 19.9 Å². The molecule has 0 amide bonds. The molecule has 2 aromatic rings. The van der Waals surface area contributed by atoms with Gasteiger partial charge in [-0.2, -0.15) is 0 Å². The van der Waals surface area contributed by atoms with Crippen LogP contribution in [0.15, 0.2) is 35.4 Å².